The van der Waals surface area contributed by atoms with Crippen molar-refractivity contribution in [1.82, 2.24) is 10.2 Å². The molecule has 0 aromatic heterocycles. The van der Waals surface area contributed by atoms with Crippen molar-refractivity contribution in [2.24, 2.45) is 0 Å². The number of nitrogens with zero attached hydrogens (tertiary/aromatic N) is 1. The van der Waals surface area contributed by atoms with Crippen LogP contribution in [0, 0.1) is 0 Å². The normalized spacial score (nSPS) is 18.8. The molecule has 5 nitrogen and oxygen atoms in total. The van der Waals surface area contributed by atoms with Crippen molar-refractivity contribution >= 4 is 17.7 Å². The van der Waals surface area contributed by atoms with Gasteiger partial charge in [0.1, 0.15) is 12.6 Å². The van der Waals surface area contributed by atoms with Crippen LogP contribution in [0.15, 0.2) is 0 Å². The summed E-state index contributed by atoms with van der Waals surface area (Å²) in [6.07, 6.45) is 9.03. The highest BCUT2D eigenvalue weighted by Crippen LogP contribution is 2.14. The number of nitrogens with one attached hydrogen (secondary N) is 1. The highest BCUT2D eigenvalue weighted by Gasteiger charge is 2.34. The molecule has 0 bridgehead atoms. The zero-order valence-electron chi connectivity index (χ0n) is 13.3. The average Bonchev–Trinajstić information content (AvgIpc) is 2.45. The smallest absolute Gasteiger partial charge is 0.249 e. The Hall–Kier alpha value is -1.39. The van der Waals surface area contributed by atoms with Gasteiger partial charge in [-0.15, -0.1) is 0 Å². The van der Waals surface area contributed by atoms with Gasteiger partial charge in [-0.2, -0.15) is 0 Å². The summed E-state index contributed by atoms with van der Waals surface area (Å²) in [6, 6.07) is -0.486. The quantitative estimate of drug-likeness (QED) is 0.525. The van der Waals surface area contributed by atoms with E-state index in [2.05, 4.69) is 12.2 Å². The topological polar surface area (TPSA) is 66.5 Å². The van der Waals surface area contributed by atoms with Gasteiger partial charge in [0.05, 0.1) is 0 Å². The van der Waals surface area contributed by atoms with Crippen LogP contribution in [0.1, 0.15) is 71.6 Å². The maximum Gasteiger partial charge on any atom is 0.249 e. The van der Waals surface area contributed by atoms with E-state index < -0.39 is 6.04 Å². The van der Waals surface area contributed by atoms with Crippen LogP contribution >= 0.6 is 0 Å². The minimum Gasteiger partial charge on any atom is -0.321 e. The second-order valence-corrected chi connectivity index (χ2v) is 5.73. The van der Waals surface area contributed by atoms with E-state index in [0.29, 0.717) is 12.8 Å². The largest absolute Gasteiger partial charge is 0.321 e. The fourth-order valence-electron chi connectivity index (χ4n) is 2.71. The molecular formula is C16H28N2O3. The first-order valence-electron chi connectivity index (χ1n) is 8.23. The van der Waals surface area contributed by atoms with Gasteiger partial charge in [-0.05, 0) is 12.8 Å². The molecule has 1 fully saturated rings. The van der Waals surface area contributed by atoms with Crippen molar-refractivity contribution in [1.29, 1.82) is 0 Å². The standard InChI is InChI=1S/C16H28N2O3/c1-3-5-6-7-8-9-10-11-15(20)18-12-14(19)17-16(21)13(18)4-2/h13H,3-12H2,1-2H3,(H,17,19,21). The third kappa shape index (κ3) is 5.86. The van der Waals surface area contributed by atoms with Crippen LogP contribution < -0.4 is 5.32 Å². The molecule has 3 amide bonds. The third-order valence-corrected chi connectivity index (χ3v) is 3.96. The van der Waals surface area contributed by atoms with Gasteiger partial charge < -0.3 is 4.90 Å². The van der Waals surface area contributed by atoms with Gasteiger partial charge in [0.15, 0.2) is 0 Å². The zero-order chi connectivity index (χ0) is 15.7. The third-order valence-electron chi connectivity index (χ3n) is 3.96. The Labute approximate surface area is 127 Å². The Morgan fingerprint density at radius 1 is 1.10 bits per heavy atom. The Bertz CT molecular complexity index is 369. The molecule has 1 atom stereocenters. The first-order valence-corrected chi connectivity index (χ1v) is 8.23. The highest BCUT2D eigenvalue weighted by atomic mass is 16.2. The number of unbranched alkanes of at least 4 members (excludes halogenated alkanes) is 6. The molecule has 1 heterocycles. The summed E-state index contributed by atoms with van der Waals surface area (Å²) in [6.45, 7) is 4.06. The molecule has 120 valence electrons. The van der Waals surface area contributed by atoms with Crippen LogP contribution in [-0.4, -0.2) is 35.2 Å². The minimum absolute atomic E-state index is 0.0135. The molecule has 0 saturated carbocycles. The van der Waals surface area contributed by atoms with E-state index in [-0.39, 0.29) is 24.3 Å². The van der Waals surface area contributed by atoms with Crippen LogP contribution in [-0.2, 0) is 14.4 Å². The molecule has 0 aliphatic carbocycles. The number of carbonyl (C=O) groups excluding carboxylic acids is 3. The number of rotatable bonds is 9. The van der Waals surface area contributed by atoms with Crippen molar-refractivity contribution in [3.05, 3.63) is 0 Å². The van der Waals surface area contributed by atoms with Crippen LogP contribution in [0.2, 0.25) is 0 Å². The number of imide groups is 1. The molecule has 1 aliphatic rings. The van der Waals surface area contributed by atoms with Crippen LogP contribution in [0.4, 0.5) is 0 Å². The van der Waals surface area contributed by atoms with E-state index in [0.717, 1.165) is 19.3 Å². The van der Waals surface area contributed by atoms with Gasteiger partial charge in [-0.25, -0.2) is 0 Å². The maximum atomic E-state index is 12.2. The molecule has 0 aromatic rings. The van der Waals surface area contributed by atoms with E-state index in [1.807, 2.05) is 6.92 Å². The number of piperazine rings is 1. The predicted molar refractivity (Wildman–Crippen MR) is 81.6 cm³/mol. The summed E-state index contributed by atoms with van der Waals surface area (Å²) >= 11 is 0. The number of carbonyl (C=O) groups is 3. The molecule has 5 heteroatoms. The number of amides is 3. The number of hydrogen-bond acceptors (Lipinski definition) is 3. The Morgan fingerprint density at radius 2 is 1.71 bits per heavy atom. The molecular weight excluding hydrogens is 268 g/mol. The van der Waals surface area contributed by atoms with Crippen LogP contribution in [0.25, 0.3) is 0 Å². The van der Waals surface area contributed by atoms with E-state index >= 15 is 0 Å². The second-order valence-electron chi connectivity index (χ2n) is 5.73. The molecule has 1 rings (SSSR count). The van der Waals surface area contributed by atoms with Crippen LogP contribution in [0.3, 0.4) is 0 Å². The molecule has 1 unspecified atom stereocenters. The van der Waals surface area contributed by atoms with Crippen molar-refractivity contribution in [3.8, 4) is 0 Å². The van der Waals surface area contributed by atoms with E-state index in [1.54, 1.807) is 0 Å². The van der Waals surface area contributed by atoms with E-state index in [1.165, 1.54) is 30.6 Å². The molecule has 0 radical (unpaired) electrons. The van der Waals surface area contributed by atoms with Crippen LogP contribution in [0.5, 0.6) is 0 Å². The van der Waals surface area contributed by atoms with Crippen molar-refractivity contribution in [2.45, 2.75) is 77.7 Å². The fraction of sp³-hybridized carbons (Fsp3) is 0.812. The lowest BCUT2D eigenvalue weighted by molar-refractivity contribution is -0.150. The molecule has 21 heavy (non-hydrogen) atoms. The monoisotopic (exact) mass is 296 g/mol. The predicted octanol–water partition coefficient (Wildman–Crippen LogP) is 2.39. The Balaban J connectivity index is 2.29. The highest BCUT2D eigenvalue weighted by molar-refractivity contribution is 6.04. The first-order chi connectivity index (χ1) is 10.1. The second kappa shape index (κ2) is 9.53. The summed E-state index contributed by atoms with van der Waals surface area (Å²) in [7, 11) is 0. The first kappa shape index (κ1) is 17.7. The van der Waals surface area contributed by atoms with Crippen molar-refractivity contribution in [3.63, 3.8) is 0 Å². The average molecular weight is 296 g/mol. The van der Waals surface area contributed by atoms with Gasteiger partial charge in [0, 0.05) is 6.42 Å². The van der Waals surface area contributed by atoms with E-state index in [9.17, 15) is 14.4 Å². The molecule has 0 aromatic carbocycles. The molecule has 1 aliphatic heterocycles. The Kier molecular flexibility index (Phi) is 8.01. The summed E-state index contributed by atoms with van der Waals surface area (Å²) in [5.74, 6) is -0.794. The van der Waals surface area contributed by atoms with E-state index in [4.69, 9.17) is 0 Å². The zero-order valence-corrected chi connectivity index (χ0v) is 13.3. The van der Waals surface area contributed by atoms with Gasteiger partial charge in [-0.1, -0.05) is 52.4 Å². The summed E-state index contributed by atoms with van der Waals surface area (Å²) < 4.78 is 0. The lowest BCUT2D eigenvalue weighted by Gasteiger charge is -2.33. The van der Waals surface area contributed by atoms with Gasteiger partial charge in [0.2, 0.25) is 17.7 Å². The summed E-state index contributed by atoms with van der Waals surface area (Å²) in [4.78, 5) is 36.7. The molecule has 0 spiro atoms. The minimum atomic E-state index is -0.486. The SMILES string of the molecule is CCCCCCCCCC(=O)N1CC(=O)NC(=O)C1CC. The fourth-order valence-corrected chi connectivity index (χ4v) is 2.71. The lowest BCUT2D eigenvalue weighted by Crippen LogP contribution is -2.59. The Morgan fingerprint density at radius 3 is 2.33 bits per heavy atom. The molecule has 1 saturated heterocycles. The number of hydrogen-bond donors (Lipinski definition) is 1. The van der Waals surface area contributed by atoms with Crippen molar-refractivity contribution < 1.29 is 14.4 Å². The van der Waals surface area contributed by atoms with Crippen molar-refractivity contribution in [2.75, 3.05) is 6.54 Å². The lowest BCUT2D eigenvalue weighted by atomic mass is 10.1. The summed E-state index contributed by atoms with van der Waals surface area (Å²) in [5, 5.41) is 2.29. The van der Waals surface area contributed by atoms with Gasteiger partial charge in [0.25, 0.3) is 0 Å². The van der Waals surface area contributed by atoms with Gasteiger partial charge >= 0.3 is 0 Å². The maximum absolute atomic E-state index is 12.2. The van der Waals surface area contributed by atoms with Gasteiger partial charge in [-0.3, -0.25) is 19.7 Å². The summed E-state index contributed by atoms with van der Waals surface area (Å²) in [5.41, 5.74) is 0. The molecule has 1 N–H and O–H groups in total.